The number of pyridine rings is 1. The topological polar surface area (TPSA) is 48.7 Å². The highest BCUT2D eigenvalue weighted by molar-refractivity contribution is 5.93. The van der Waals surface area contributed by atoms with Crippen LogP contribution in [0.1, 0.15) is 12.8 Å². The van der Waals surface area contributed by atoms with Gasteiger partial charge in [0.2, 0.25) is 0 Å². The van der Waals surface area contributed by atoms with Crippen LogP contribution in [0.3, 0.4) is 0 Å². The second-order valence-electron chi connectivity index (χ2n) is 7.75. The summed E-state index contributed by atoms with van der Waals surface area (Å²) in [7, 11) is 0. The van der Waals surface area contributed by atoms with E-state index >= 15 is 0 Å². The van der Waals surface area contributed by atoms with Crippen molar-refractivity contribution in [2.24, 2.45) is 0 Å². The molecule has 5 nitrogen and oxygen atoms in total. The van der Waals surface area contributed by atoms with E-state index in [0.717, 1.165) is 57.6 Å². The Morgan fingerprint density at radius 1 is 0.828 bits per heavy atom. The molecular weight excluding hydrogens is 369 g/mol. The SMILES string of the molecule is O=c1c2ccccc2n(CCCCN2CCN(CCO)CC2)c2c(F)cccc12. The highest BCUT2D eigenvalue weighted by atomic mass is 19.1. The Bertz CT molecular complexity index is 1040. The molecule has 0 unspecified atom stereocenters. The van der Waals surface area contributed by atoms with Crippen molar-refractivity contribution in [1.29, 1.82) is 0 Å². The Morgan fingerprint density at radius 2 is 1.48 bits per heavy atom. The van der Waals surface area contributed by atoms with Crippen LogP contribution < -0.4 is 5.43 Å². The van der Waals surface area contributed by atoms with E-state index in [1.165, 1.54) is 6.07 Å². The summed E-state index contributed by atoms with van der Waals surface area (Å²) in [6.07, 6.45) is 1.95. The molecule has 1 aliphatic rings. The van der Waals surface area contributed by atoms with Gasteiger partial charge < -0.3 is 14.6 Å². The summed E-state index contributed by atoms with van der Waals surface area (Å²) in [6.45, 7) is 6.73. The molecule has 1 N–H and O–H groups in total. The minimum Gasteiger partial charge on any atom is -0.395 e. The maximum absolute atomic E-state index is 14.7. The lowest BCUT2D eigenvalue weighted by atomic mass is 10.1. The first-order chi connectivity index (χ1) is 14.2. The Morgan fingerprint density at radius 3 is 2.24 bits per heavy atom. The molecule has 29 heavy (non-hydrogen) atoms. The zero-order chi connectivity index (χ0) is 20.2. The number of aliphatic hydroxyl groups excluding tert-OH is 1. The van der Waals surface area contributed by atoms with Crippen LogP contribution in [0, 0.1) is 5.82 Å². The first-order valence-electron chi connectivity index (χ1n) is 10.4. The van der Waals surface area contributed by atoms with Gasteiger partial charge >= 0.3 is 0 Å². The quantitative estimate of drug-likeness (QED) is 0.492. The molecule has 2 aromatic carbocycles. The molecule has 154 valence electrons. The minimum atomic E-state index is -0.342. The third-order valence-electron chi connectivity index (χ3n) is 5.93. The number of para-hydroxylation sites is 2. The van der Waals surface area contributed by atoms with E-state index in [9.17, 15) is 9.18 Å². The maximum atomic E-state index is 14.7. The third kappa shape index (κ3) is 4.20. The molecule has 4 rings (SSSR count). The molecule has 1 aromatic heterocycles. The Kier molecular flexibility index (Phi) is 6.23. The van der Waals surface area contributed by atoms with Crippen LogP contribution in [0.25, 0.3) is 21.8 Å². The van der Waals surface area contributed by atoms with Crippen LogP contribution in [0.5, 0.6) is 0 Å². The number of unbranched alkanes of at least 4 members (excludes halogenated alkanes) is 1. The van der Waals surface area contributed by atoms with E-state index in [4.69, 9.17) is 5.11 Å². The average molecular weight is 397 g/mol. The van der Waals surface area contributed by atoms with Crippen molar-refractivity contribution >= 4 is 21.8 Å². The van der Waals surface area contributed by atoms with Crippen LogP contribution in [0.15, 0.2) is 47.3 Å². The van der Waals surface area contributed by atoms with Crippen LogP contribution >= 0.6 is 0 Å². The van der Waals surface area contributed by atoms with Crippen molar-refractivity contribution in [1.82, 2.24) is 14.4 Å². The molecular formula is C23H28FN3O2. The van der Waals surface area contributed by atoms with Crippen LogP contribution in [0.4, 0.5) is 4.39 Å². The van der Waals surface area contributed by atoms with Gasteiger partial charge in [-0.2, -0.15) is 0 Å². The van der Waals surface area contributed by atoms with Crippen LogP contribution in [-0.4, -0.2) is 65.3 Å². The number of fused-ring (bicyclic) bond motifs is 2. The standard InChI is InChI=1S/C23H28FN3O2/c24-20-8-5-7-19-22(20)27(21-9-2-1-6-18(21)23(19)29)11-4-3-10-25-12-14-26(15-13-25)16-17-28/h1-2,5-9,28H,3-4,10-17H2. The molecule has 0 spiro atoms. The van der Waals surface area contributed by atoms with Gasteiger partial charge in [-0.1, -0.05) is 18.2 Å². The zero-order valence-electron chi connectivity index (χ0n) is 16.7. The van der Waals surface area contributed by atoms with E-state index in [0.29, 0.717) is 22.8 Å². The van der Waals surface area contributed by atoms with Crippen LogP contribution in [-0.2, 0) is 6.54 Å². The van der Waals surface area contributed by atoms with Gasteiger partial charge in [-0.3, -0.25) is 9.69 Å². The third-order valence-corrected chi connectivity index (χ3v) is 5.93. The number of aryl methyl sites for hydroxylation is 1. The summed E-state index contributed by atoms with van der Waals surface area (Å²) >= 11 is 0. The molecule has 0 atom stereocenters. The van der Waals surface area contributed by atoms with Gasteiger partial charge in [-0.15, -0.1) is 0 Å². The van der Waals surface area contributed by atoms with Crippen molar-refractivity contribution in [3.63, 3.8) is 0 Å². The van der Waals surface area contributed by atoms with E-state index in [2.05, 4.69) is 9.80 Å². The minimum absolute atomic E-state index is 0.105. The molecule has 1 saturated heterocycles. The number of aromatic nitrogens is 1. The number of hydrogen-bond donors (Lipinski definition) is 1. The normalized spacial score (nSPS) is 16.1. The Hall–Kier alpha value is -2.28. The predicted octanol–water partition coefficient (Wildman–Crippen LogP) is 2.68. The number of β-amino-alcohol motifs (C(OH)–C–C–N with tert-alkyl or cyclic N) is 1. The number of piperazine rings is 1. The van der Waals surface area contributed by atoms with Gasteiger partial charge in [0.25, 0.3) is 0 Å². The number of aliphatic hydroxyl groups is 1. The highest BCUT2D eigenvalue weighted by Gasteiger charge is 2.16. The average Bonchev–Trinajstić information content (AvgIpc) is 2.75. The number of benzene rings is 2. The molecule has 0 saturated carbocycles. The monoisotopic (exact) mass is 397 g/mol. The van der Waals surface area contributed by atoms with Gasteiger partial charge in [0, 0.05) is 50.0 Å². The molecule has 6 heteroatoms. The summed E-state index contributed by atoms with van der Waals surface area (Å²) in [4.78, 5) is 17.5. The summed E-state index contributed by atoms with van der Waals surface area (Å²) in [6, 6.07) is 12.2. The van der Waals surface area contributed by atoms with Crippen molar-refractivity contribution < 1.29 is 9.50 Å². The van der Waals surface area contributed by atoms with Crippen molar-refractivity contribution in [2.75, 3.05) is 45.9 Å². The lowest BCUT2D eigenvalue weighted by Crippen LogP contribution is -2.47. The first kappa shape index (κ1) is 20.0. The molecule has 1 aliphatic heterocycles. The Labute approximate surface area is 170 Å². The van der Waals surface area contributed by atoms with Gasteiger partial charge in [0.15, 0.2) is 5.43 Å². The largest absolute Gasteiger partial charge is 0.395 e. The number of rotatable bonds is 7. The molecule has 0 radical (unpaired) electrons. The van der Waals surface area contributed by atoms with Crippen molar-refractivity contribution in [3.05, 3.63) is 58.5 Å². The van der Waals surface area contributed by atoms with Gasteiger partial charge in [0.1, 0.15) is 5.82 Å². The maximum Gasteiger partial charge on any atom is 0.197 e. The van der Waals surface area contributed by atoms with Gasteiger partial charge in [-0.05, 0) is 43.7 Å². The first-order valence-corrected chi connectivity index (χ1v) is 10.4. The lowest BCUT2D eigenvalue weighted by molar-refractivity contribution is 0.111. The number of hydrogen-bond acceptors (Lipinski definition) is 4. The summed E-state index contributed by atoms with van der Waals surface area (Å²) in [5, 5.41) is 10.1. The number of nitrogens with zero attached hydrogens (tertiary/aromatic N) is 3. The van der Waals surface area contributed by atoms with Gasteiger partial charge in [-0.25, -0.2) is 4.39 Å². The molecule has 0 bridgehead atoms. The summed E-state index contributed by atoms with van der Waals surface area (Å²) in [5.74, 6) is -0.342. The Balaban J connectivity index is 1.48. The van der Waals surface area contributed by atoms with E-state index in [1.54, 1.807) is 12.1 Å². The van der Waals surface area contributed by atoms with Crippen molar-refractivity contribution in [2.45, 2.75) is 19.4 Å². The van der Waals surface area contributed by atoms with E-state index < -0.39 is 0 Å². The molecule has 3 aromatic rings. The molecule has 0 amide bonds. The van der Waals surface area contributed by atoms with Gasteiger partial charge in [0.05, 0.1) is 17.6 Å². The predicted molar refractivity (Wildman–Crippen MR) is 115 cm³/mol. The van der Waals surface area contributed by atoms with E-state index in [-0.39, 0.29) is 17.9 Å². The number of halogens is 1. The van der Waals surface area contributed by atoms with Crippen molar-refractivity contribution in [3.8, 4) is 0 Å². The second-order valence-corrected chi connectivity index (χ2v) is 7.75. The highest BCUT2D eigenvalue weighted by Crippen LogP contribution is 2.22. The summed E-state index contributed by atoms with van der Waals surface area (Å²) in [5.41, 5.74) is 1.11. The zero-order valence-corrected chi connectivity index (χ0v) is 16.7. The fraction of sp³-hybridized carbons (Fsp3) is 0.435. The molecule has 2 heterocycles. The fourth-order valence-corrected chi connectivity index (χ4v) is 4.35. The second kappa shape index (κ2) is 9.03. The lowest BCUT2D eigenvalue weighted by Gasteiger charge is -2.34. The fourth-order valence-electron chi connectivity index (χ4n) is 4.35. The summed E-state index contributed by atoms with van der Waals surface area (Å²) < 4.78 is 16.6. The smallest absolute Gasteiger partial charge is 0.197 e. The molecule has 0 aliphatic carbocycles. The molecule has 1 fully saturated rings. The van der Waals surface area contributed by atoms with E-state index in [1.807, 2.05) is 28.8 Å². The van der Waals surface area contributed by atoms with Crippen LogP contribution in [0.2, 0.25) is 0 Å².